The van der Waals surface area contributed by atoms with E-state index in [2.05, 4.69) is 33.9 Å². The molecular formula is C16H34N4. The van der Waals surface area contributed by atoms with Gasteiger partial charge in [-0.3, -0.25) is 4.90 Å². The average molecular weight is 282 g/mol. The van der Waals surface area contributed by atoms with Gasteiger partial charge in [0.05, 0.1) is 0 Å². The number of nitrogens with one attached hydrogen (secondary N) is 1. The molecule has 118 valence electrons. The van der Waals surface area contributed by atoms with E-state index in [9.17, 15) is 0 Å². The predicted molar refractivity (Wildman–Crippen MR) is 86.2 cm³/mol. The Morgan fingerprint density at radius 3 is 2.15 bits per heavy atom. The fourth-order valence-electron chi connectivity index (χ4n) is 3.49. The third kappa shape index (κ3) is 4.99. The maximum absolute atomic E-state index is 3.25. The Hall–Kier alpha value is -0.160. The van der Waals surface area contributed by atoms with E-state index in [-0.39, 0.29) is 0 Å². The van der Waals surface area contributed by atoms with Gasteiger partial charge < -0.3 is 15.1 Å². The summed E-state index contributed by atoms with van der Waals surface area (Å²) in [4.78, 5) is 7.92. The van der Waals surface area contributed by atoms with E-state index in [1.807, 2.05) is 7.05 Å². The number of nitrogens with zero attached hydrogens (tertiary/aromatic N) is 3. The van der Waals surface area contributed by atoms with Crippen molar-refractivity contribution in [3.63, 3.8) is 0 Å². The summed E-state index contributed by atoms with van der Waals surface area (Å²) >= 11 is 0. The molecular weight excluding hydrogens is 248 g/mol. The topological polar surface area (TPSA) is 21.8 Å². The fourth-order valence-corrected chi connectivity index (χ4v) is 3.49. The van der Waals surface area contributed by atoms with Gasteiger partial charge in [0.2, 0.25) is 0 Å². The summed E-state index contributed by atoms with van der Waals surface area (Å²) in [5.74, 6) is 0.937. The van der Waals surface area contributed by atoms with E-state index in [4.69, 9.17) is 0 Å². The van der Waals surface area contributed by atoms with Crippen molar-refractivity contribution in [2.75, 3.05) is 66.0 Å². The summed E-state index contributed by atoms with van der Waals surface area (Å²) in [6.45, 7) is 16.0. The van der Waals surface area contributed by atoms with Gasteiger partial charge in [0.15, 0.2) is 0 Å². The van der Waals surface area contributed by atoms with E-state index in [0.717, 1.165) is 12.5 Å². The predicted octanol–water partition coefficient (Wildman–Crippen LogP) is 0.944. The van der Waals surface area contributed by atoms with E-state index in [1.54, 1.807) is 0 Å². The lowest BCUT2D eigenvalue weighted by Gasteiger charge is -2.40. The van der Waals surface area contributed by atoms with Crippen molar-refractivity contribution in [2.45, 2.75) is 32.7 Å². The number of hydrogen-bond donors (Lipinski definition) is 1. The lowest BCUT2D eigenvalue weighted by atomic mass is 9.96. The van der Waals surface area contributed by atoms with Crippen molar-refractivity contribution in [1.82, 2.24) is 20.0 Å². The molecule has 0 atom stereocenters. The van der Waals surface area contributed by atoms with Crippen LogP contribution in [0.2, 0.25) is 0 Å². The smallest absolute Gasteiger partial charge is 0.0113 e. The molecule has 0 aliphatic carbocycles. The van der Waals surface area contributed by atoms with Crippen LogP contribution in [0.4, 0.5) is 0 Å². The van der Waals surface area contributed by atoms with E-state index in [1.165, 1.54) is 65.2 Å². The number of likely N-dealkylation sites (tertiary alicyclic amines) is 1. The van der Waals surface area contributed by atoms with Gasteiger partial charge in [0.1, 0.15) is 0 Å². The van der Waals surface area contributed by atoms with Crippen molar-refractivity contribution < 1.29 is 0 Å². The molecule has 0 saturated carbocycles. The highest BCUT2D eigenvalue weighted by molar-refractivity contribution is 4.79. The van der Waals surface area contributed by atoms with Crippen molar-refractivity contribution >= 4 is 0 Å². The van der Waals surface area contributed by atoms with Gasteiger partial charge in [-0.2, -0.15) is 0 Å². The molecule has 4 nitrogen and oxygen atoms in total. The molecule has 0 unspecified atom stereocenters. The normalized spacial score (nSPS) is 24.6. The van der Waals surface area contributed by atoms with Crippen LogP contribution in [0.15, 0.2) is 0 Å². The van der Waals surface area contributed by atoms with Crippen LogP contribution >= 0.6 is 0 Å². The lowest BCUT2D eigenvalue weighted by molar-refractivity contribution is 0.0812. The van der Waals surface area contributed by atoms with Gasteiger partial charge in [-0.15, -0.1) is 0 Å². The minimum absolute atomic E-state index is 0.715. The number of rotatable bonds is 6. The van der Waals surface area contributed by atoms with Crippen molar-refractivity contribution in [2.24, 2.45) is 5.92 Å². The van der Waals surface area contributed by atoms with E-state index >= 15 is 0 Å². The summed E-state index contributed by atoms with van der Waals surface area (Å²) in [5.41, 5.74) is 0. The Morgan fingerprint density at radius 2 is 1.60 bits per heavy atom. The molecule has 0 bridgehead atoms. The second-order valence-corrected chi connectivity index (χ2v) is 6.82. The van der Waals surface area contributed by atoms with Crippen LogP contribution in [-0.4, -0.2) is 86.7 Å². The summed E-state index contributed by atoms with van der Waals surface area (Å²) < 4.78 is 0. The zero-order chi connectivity index (χ0) is 14.4. The molecule has 2 fully saturated rings. The van der Waals surface area contributed by atoms with E-state index in [0.29, 0.717) is 6.04 Å². The summed E-state index contributed by atoms with van der Waals surface area (Å²) in [6.07, 6.45) is 2.79. The monoisotopic (exact) mass is 282 g/mol. The third-order valence-corrected chi connectivity index (χ3v) is 5.04. The molecule has 1 N–H and O–H groups in total. The zero-order valence-electron chi connectivity index (χ0n) is 13.8. The van der Waals surface area contributed by atoms with Gasteiger partial charge in [0, 0.05) is 51.9 Å². The van der Waals surface area contributed by atoms with E-state index < -0.39 is 0 Å². The van der Waals surface area contributed by atoms with Crippen molar-refractivity contribution in [1.29, 1.82) is 0 Å². The van der Waals surface area contributed by atoms with Crippen LogP contribution in [0.1, 0.15) is 26.7 Å². The molecule has 4 heteroatoms. The number of piperidine rings is 1. The highest BCUT2D eigenvalue weighted by Gasteiger charge is 2.24. The van der Waals surface area contributed by atoms with Crippen LogP contribution in [0.5, 0.6) is 0 Å². The molecule has 2 heterocycles. The van der Waals surface area contributed by atoms with Crippen LogP contribution in [-0.2, 0) is 0 Å². The highest BCUT2D eigenvalue weighted by Crippen LogP contribution is 2.19. The first kappa shape index (κ1) is 16.2. The average Bonchev–Trinajstić information content (AvgIpc) is 2.47. The first-order valence-corrected chi connectivity index (χ1v) is 8.52. The highest BCUT2D eigenvalue weighted by atomic mass is 15.3. The maximum atomic E-state index is 3.25. The Balaban J connectivity index is 1.61. The second-order valence-electron chi connectivity index (χ2n) is 6.82. The largest absolute Gasteiger partial charge is 0.318 e. The third-order valence-electron chi connectivity index (χ3n) is 5.04. The van der Waals surface area contributed by atoms with Gasteiger partial charge >= 0.3 is 0 Å². The lowest BCUT2D eigenvalue weighted by Crippen LogP contribution is -2.50. The molecule has 0 aromatic rings. The quantitative estimate of drug-likeness (QED) is 0.783. The molecule has 20 heavy (non-hydrogen) atoms. The van der Waals surface area contributed by atoms with Gasteiger partial charge in [-0.05, 0) is 52.7 Å². The Bertz CT molecular complexity index is 253. The Kier molecular flexibility index (Phi) is 6.75. The van der Waals surface area contributed by atoms with Crippen LogP contribution < -0.4 is 5.32 Å². The Morgan fingerprint density at radius 1 is 0.950 bits per heavy atom. The van der Waals surface area contributed by atoms with Gasteiger partial charge in [0.25, 0.3) is 0 Å². The van der Waals surface area contributed by atoms with Crippen molar-refractivity contribution in [3.8, 4) is 0 Å². The van der Waals surface area contributed by atoms with Crippen LogP contribution in [0, 0.1) is 5.92 Å². The second kappa shape index (κ2) is 8.32. The zero-order valence-corrected chi connectivity index (χ0v) is 13.8. The molecule has 2 rings (SSSR count). The van der Waals surface area contributed by atoms with Gasteiger partial charge in [-0.25, -0.2) is 0 Å². The summed E-state index contributed by atoms with van der Waals surface area (Å²) in [7, 11) is 2.05. The summed E-state index contributed by atoms with van der Waals surface area (Å²) in [5, 5.41) is 3.25. The molecule has 0 radical (unpaired) electrons. The number of hydrogen-bond acceptors (Lipinski definition) is 4. The summed E-state index contributed by atoms with van der Waals surface area (Å²) in [6, 6.07) is 0.715. The molecule has 0 aromatic heterocycles. The van der Waals surface area contributed by atoms with Gasteiger partial charge in [-0.1, -0.05) is 0 Å². The maximum Gasteiger partial charge on any atom is 0.0113 e. The fraction of sp³-hybridized carbons (Fsp3) is 1.00. The molecule has 2 aliphatic rings. The molecule has 0 spiro atoms. The molecule has 0 amide bonds. The minimum Gasteiger partial charge on any atom is -0.318 e. The van der Waals surface area contributed by atoms with Crippen LogP contribution in [0.3, 0.4) is 0 Å². The SMILES string of the molecule is CNCCN1CCC(CN2CCN(C(C)C)CC2)CC1. The first-order chi connectivity index (χ1) is 9.69. The minimum atomic E-state index is 0.715. The molecule has 2 saturated heterocycles. The standard InChI is InChI=1S/C16H34N4/c1-15(2)20-12-10-19(11-13-20)14-16-4-7-18(8-5-16)9-6-17-3/h15-17H,4-14H2,1-3H3. The Labute approximate surface area is 125 Å². The van der Waals surface area contributed by atoms with Crippen LogP contribution in [0.25, 0.3) is 0 Å². The number of likely N-dealkylation sites (N-methyl/N-ethyl adjacent to an activating group) is 1. The number of piperazine rings is 1. The first-order valence-electron chi connectivity index (χ1n) is 8.52. The van der Waals surface area contributed by atoms with Crippen molar-refractivity contribution in [3.05, 3.63) is 0 Å². The molecule has 2 aliphatic heterocycles. The molecule has 0 aromatic carbocycles.